The predicted octanol–water partition coefficient (Wildman–Crippen LogP) is 3.72. The van der Waals surface area contributed by atoms with Crippen LogP contribution in [0, 0.1) is 0 Å². The molecule has 1 N–H and O–H groups in total. The fourth-order valence-corrected chi connectivity index (χ4v) is 1.33. The molecule has 0 radical (unpaired) electrons. The first-order valence-electron chi connectivity index (χ1n) is 6.14. The molecule has 108 valence electrons. The maximum Gasteiger partial charge on any atom is 0.412 e. The molecular weight excluding hydrogens is 260 g/mol. The van der Waals surface area contributed by atoms with Gasteiger partial charge in [-0.15, -0.1) is 0 Å². The van der Waals surface area contributed by atoms with Gasteiger partial charge in [-0.05, 0) is 38.4 Å². The van der Waals surface area contributed by atoms with Crippen molar-refractivity contribution in [3.8, 4) is 5.75 Å². The number of nitrogens with zero attached hydrogens (tertiary/aromatic N) is 3. The fraction of sp³-hybridized carbons (Fsp3) is 0.462. The van der Waals surface area contributed by atoms with E-state index in [2.05, 4.69) is 15.3 Å². The molecule has 1 rings (SSSR count). The molecule has 0 atom stereocenters. The molecule has 0 aliphatic carbocycles. The molecule has 7 heteroatoms. The molecule has 1 aromatic carbocycles. The lowest BCUT2D eigenvalue weighted by molar-refractivity contribution is 0.0636. The summed E-state index contributed by atoms with van der Waals surface area (Å²) < 4.78 is 10.5. The maximum absolute atomic E-state index is 11.6. The summed E-state index contributed by atoms with van der Waals surface area (Å²) in [6.45, 7) is 5.91. The minimum Gasteiger partial charge on any atom is -0.493 e. The summed E-state index contributed by atoms with van der Waals surface area (Å²) in [5.41, 5.74) is 8.16. The van der Waals surface area contributed by atoms with Gasteiger partial charge in [-0.1, -0.05) is 11.2 Å². The average Bonchev–Trinajstić information content (AvgIpc) is 2.32. The molecule has 1 amide bonds. The van der Waals surface area contributed by atoms with Crippen molar-refractivity contribution in [1.29, 1.82) is 0 Å². The summed E-state index contributed by atoms with van der Waals surface area (Å²) in [7, 11) is 0. The van der Waals surface area contributed by atoms with E-state index in [4.69, 9.17) is 15.0 Å². The zero-order valence-corrected chi connectivity index (χ0v) is 11.8. The van der Waals surface area contributed by atoms with Crippen LogP contribution in [0.3, 0.4) is 0 Å². The molecule has 7 nitrogen and oxygen atoms in total. The molecular formula is C13H18N4O3. The van der Waals surface area contributed by atoms with E-state index in [0.29, 0.717) is 11.4 Å². The quantitative estimate of drug-likeness (QED) is 0.384. The molecule has 0 saturated carbocycles. The predicted molar refractivity (Wildman–Crippen MR) is 75.8 cm³/mol. The van der Waals surface area contributed by atoms with Crippen LogP contribution in [0.4, 0.5) is 10.5 Å². The van der Waals surface area contributed by atoms with E-state index in [1.165, 1.54) is 0 Å². The topological polar surface area (TPSA) is 96.3 Å². The first-order valence-corrected chi connectivity index (χ1v) is 6.14. The van der Waals surface area contributed by atoms with Gasteiger partial charge in [-0.25, -0.2) is 4.79 Å². The molecule has 0 bridgehead atoms. The Morgan fingerprint density at radius 3 is 2.85 bits per heavy atom. The summed E-state index contributed by atoms with van der Waals surface area (Å²) in [5.74, 6) is 0.576. The Kier molecular flexibility index (Phi) is 5.68. The Balaban J connectivity index is 2.55. The summed E-state index contributed by atoms with van der Waals surface area (Å²) in [6, 6.07) is 6.89. The molecule has 20 heavy (non-hydrogen) atoms. The third-order valence-electron chi connectivity index (χ3n) is 2.00. The molecule has 0 aliphatic rings. The number of rotatable bonds is 5. The average molecular weight is 278 g/mol. The van der Waals surface area contributed by atoms with Gasteiger partial charge in [-0.2, -0.15) is 0 Å². The van der Waals surface area contributed by atoms with E-state index >= 15 is 0 Å². The Morgan fingerprint density at radius 1 is 1.45 bits per heavy atom. The van der Waals surface area contributed by atoms with E-state index < -0.39 is 11.7 Å². The second-order valence-electron chi connectivity index (χ2n) is 4.96. The van der Waals surface area contributed by atoms with Crippen LogP contribution in [0.2, 0.25) is 0 Å². The van der Waals surface area contributed by atoms with Crippen LogP contribution in [0.1, 0.15) is 20.8 Å². The highest BCUT2D eigenvalue weighted by Crippen LogP contribution is 2.18. The minimum atomic E-state index is -0.548. The number of benzene rings is 1. The number of ether oxygens (including phenoxy) is 2. The number of carbonyl (C=O) groups excluding carboxylic acids is 1. The van der Waals surface area contributed by atoms with Crippen molar-refractivity contribution in [3.63, 3.8) is 0 Å². The smallest absolute Gasteiger partial charge is 0.412 e. The van der Waals surface area contributed by atoms with E-state index in [-0.39, 0.29) is 13.2 Å². The lowest BCUT2D eigenvalue weighted by Crippen LogP contribution is -2.27. The zero-order chi connectivity index (χ0) is 15.0. The van der Waals surface area contributed by atoms with Crippen molar-refractivity contribution in [2.24, 2.45) is 5.11 Å². The van der Waals surface area contributed by atoms with Crippen LogP contribution in [0.5, 0.6) is 5.75 Å². The van der Waals surface area contributed by atoms with Gasteiger partial charge in [0.2, 0.25) is 0 Å². The number of hydrogen-bond donors (Lipinski definition) is 1. The number of hydrogen-bond acceptors (Lipinski definition) is 4. The van der Waals surface area contributed by atoms with Crippen molar-refractivity contribution in [3.05, 3.63) is 34.7 Å². The lowest BCUT2D eigenvalue weighted by Gasteiger charge is -2.19. The van der Waals surface area contributed by atoms with Crippen LogP contribution < -0.4 is 10.1 Å². The molecule has 0 spiro atoms. The van der Waals surface area contributed by atoms with E-state index in [9.17, 15) is 4.79 Å². The molecule has 1 aromatic rings. The van der Waals surface area contributed by atoms with Crippen molar-refractivity contribution in [1.82, 2.24) is 0 Å². The van der Waals surface area contributed by atoms with Crippen molar-refractivity contribution in [2.75, 3.05) is 18.5 Å². The van der Waals surface area contributed by atoms with E-state index in [1.807, 2.05) is 0 Å². The Labute approximate surface area is 117 Å². The van der Waals surface area contributed by atoms with Gasteiger partial charge in [0.05, 0.1) is 13.2 Å². The van der Waals surface area contributed by atoms with Gasteiger partial charge in [0.15, 0.2) is 0 Å². The maximum atomic E-state index is 11.6. The van der Waals surface area contributed by atoms with Crippen LogP contribution >= 0.6 is 0 Å². The first kappa shape index (κ1) is 15.7. The Bertz CT molecular complexity index is 505. The van der Waals surface area contributed by atoms with E-state index in [0.717, 1.165) is 0 Å². The molecule has 0 unspecified atom stereocenters. The molecule has 0 heterocycles. The largest absolute Gasteiger partial charge is 0.493 e. The molecule has 0 aliphatic heterocycles. The second kappa shape index (κ2) is 7.25. The fourth-order valence-electron chi connectivity index (χ4n) is 1.33. The summed E-state index contributed by atoms with van der Waals surface area (Å²) >= 11 is 0. The zero-order valence-electron chi connectivity index (χ0n) is 11.8. The van der Waals surface area contributed by atoms with Gasteiger partial charge in [0, 0.05) is 16.7 Å². The van der Waals surface area contributed by atoms with Gasteiger partial charge in [0.1, 0.15) is 11.4 Å². The SMILES string of the molecule is CC(C)(C)OC(=O)Nc1cccc(OCCN=[N+]=[N-])c1. The number of azide groups is 1. The second-order valence-corrected chi connectivity index (χ2v) is 4.96. The van der Waals surface area contributed by atoms with Crippen LogP contribution in [-0.2, 0) is 4.74 Å². The van der Waals surface area contributed by atoms with Gasteiger partial charge < -0.3 is 9.47 Å². The van der Waals surface area contributed by atoms with Gasteiger partial charge in [0.25, 0.3) is 0 Å². The number of nitrogens with one attached hydrogen (secondary N) is 1. The summed E-state index contributed by atoms with van der Waals surface area (Å²) in [5, 5.41) is 5.98. The van der Waals surface area contributed by atoms with Crippen molar-refractivity contribution < 1.29 is 14.3 Å². The van der Waals surface area contributed by atoms with Crippen LogP contribution in [0.15, 0.2) is 29.4 Å². The normalized spacial score (nSPS) is 10.3. The van der Waals surface area contributed by atoms with Crippen LogP contribution in [-0.4, -0.2) is 24.8 Å². The minimum absolute atomic E-state index is 0.250. The van der Waals surface area contributed by atoms with Gasteiger partial charge >= 0.3 is 6.09 Å². The number of anilines is 1. The molecule has 0 fully saturated rings. The molecule has 0 saturated heterocycles. The highest BCUT2D eigenvalue weighted by molar-refractivity contribution is 5.85. The van der Waals surface area contributed by atoms with Crippen molar-refractivity contribution in [2.45, 2.75) is 26.4 Å². The summed E-state index contributed by atoms with van der Waals surface area (Å²) in [6.07, 6.45) is -0.524. The van der Waals surface area contributed by atoms with Crippen LogP contribution in [0.25, 0.3) is 10.4 Å². The highest BCUT2D eigenvalue weighted by Gasteiger charge is 2.16. The molecule has 0 aromatic heterocycles. The summed E-state index contributed by atoms with van der Waals surface area (Å²) in [4.78, 5) is 14.2. The van der Waals surface area contributed by atoms with E-state index in [1.54, 1.807) is 45.0 Å². The lowest BCUT2D eigenvalue weighted by atomic mass is 10.2. The Hall–Kier alpha value is -2.40. The first-order chi connectivity index (χ1) is 9.40. The Morgan fingerprint density at radius 2 is 2.20 bits per heavy atom. The highest BCUT2D eigenvalue weighted by atomic mass is 16.6. The third-order valence-corrected chi connectivity index (χ3v) is 2.00. The van der Waals surface area contributed by atoms with Gasteiger partial charge in [-0.3, -0.25) is 5.32 Å². The van der Waals surface area contributed by atoms with Crippen molar-refractivity contribution >= 4 is 11.8 Å². The monoisotopic (exact) mass is 278 g/mol. The number of carbonyl (C=O) groups is 1. The standard InChI is InChI=1S/C13H18N4O3/c1-13(2,3)20-12(18)16-10-5-4-6-11(9-10)19-8-7-15-17-14/h4-6,9H,7-8H2,1-3H3,(H,16,18). The number of amides is 1. The third kappa shape index (κ3) is 6.51.